The number of aromatic nitrogens is 3. The highest BCUT2D eigenvalue weighted by molar-refractivity contribution is 6.34. The first-order valence-corrected chi connectivity index (χ1v) is 6.18. The molecule has 6 heteroatoms. The predicted molar refractivity (Wildman–Crippen MR) is 69.6 cm³/mol. The Labute approximate surface area is 109 Å². The molecule has 1 saturated carbocycles. The molecule has 2 heterocycles. The molecule has 1 aliphatic rings. The summed E-state index contributed by atoms with van der Waals surface area (Å²) in [5.74, 6) is 0.692. The van der Waals surface area contributed by atoms with E-state index in [1.807, 2.05) is 13.0 Å². The van der Waals surface area contributed by atoms with E-state index in [0.717, 1.165) is 10.8 Å². The Bertz CT molecular complexity index is 594. The summed E-state index contributed by atoms with van der Waals surface area (Å²) in [7, 11) is 0. The lowest BCUT2D eigenvalue weighted by Gasteiger charge is -2.41. The van der Waals surface area contributed by atoms with Crippen LogP contribution in [0.3, 0.4) is 0 Å². The van der Waals surface area contributed by atoms with Gasteiger partial charge in [-0.1, -0.05) is 11.6 Å². The minimum Gasteiger partial charge on any atom is -0.390 e. The highest BCUT2D eigenvalue weighted by atomic mass is 35.5. The van der Waals surface area contributed by atoms with Crippen molar-refractivity contribution in [3.63, 3.8) is 0 Å². The molecule has 0 aromatic carbocycles. The molecule has 0 aliphatic heterocycles. The van der Waals surface area contributed by atoms with Crippen molar-refractivity contribution >= 4 is 28.2 Å². The molecule has 0 spiro atoms. The van der Waals surface area contributed by atoms with Crippen molar-refractivity contribution < 1.29 is 5.11 Å². The minimum absolute atomic E-state index is 0.229. The Kier molecular flexibility index (Phi) is 2.60. The van der Waals surface area contributed by atoms with Crippen LogP contribution >= 0.6 is 11.6 Å². The second kappa shape index (κ2) is 4.03. The Morgan fingerprint density at radius 2 is 2.17 bits per heavy atom. The number of hydrogen-bond donors (Lipinski definition) is 2. The molecule has 2 aromatic rings. The van der Waals surface area contributed by atoms with Gasteiger partial charge in [-0.3, -0.25) is 4.98 Å². The summed E-state index contributed by atoms with van der Waals surface area (Å²) in [5.41, 5.74) is -0.561. The summed E-state index contributed by atoms with van der Waals surface area (Å²) < 4.78 is 0. The van der Waals surface area contributed by atoms with Crippen LogP contribution in [0.4, 0.5) is 5.82 Å². The second-order valence-corrected chi connectivity index (χ2v) is 5.37. The Morgan fingerprint density at radius 3 is 2.89 bits per heavy atom. The van der Waals surface area contributed by atoms with Crippen LogP contribution in [0.25, 0.3) is 10.8 Å². The fraction of sp³-hybridized carbons (Fsp3) is 0.417. The van der Waals surface area contributed by atoms with Gasteiger partial charge in [0.25, 0.3) is 0 Å². The third-order valence-electron chi connectivity index (χ3n) is 3.25. The third kappa shape index (κ3) is 2.00. The van der Waals surface area contributed by atoms with Crippen LogP contribution in [0.15, 0.2) is 18.5 Å². The second-order valence-electron chi connectivity index (χ2n) is 5.01. The summed E-state index contributed by atoms with van der Waals surface area (Å²) in [5, 5.41) is 23.0. The van der Waals surface area contributed by atoms with Crippen LogP contribution in [-0.4, -0.2) is 31.9 Å². The quantitative estimate of drug-likeness (QED) is 0.868. The van der Waals surface area contributed by atoms with E-state index in [1.54, 1.807) is 12.4 Å². The van der Waals surface area contributed by atoms with Crippen molar-refractivity contribution in [3.8, 4) is 0 Å². The SMILES string of the molecule is C[C@]1(O)C[C@@H](Nc2nnc(Cl)c3cnccc23)C1. The number of pyridine rings is 1. The molecule has 0 bridgehead atoms. The van der Waals surface area contributed by atoms with Gasteiger partial charge < -0.3 is 10.4 Å². The monoisotopic (exact) mass is 264 g/mol. The van der Waals surface area contributed by atoms with E-state index >= 15 is 0 Å². The fourth-order valence-corrected chi connectivity index (χ4v) is 2.56. The van der Waals surface area contributed by atoms with E-state index in [1.165, 1.54) is 0 Å². The summed E-state index contributed by atoms with van der Waals surface area (Å²) in [6.07, 6.45) is 4.80. The zero-order chi connectivity index (χ0) is 12.8. The van der Waals surface area contributed by atoms with Gasteiger partial charge in [-0.25, -0.2) is 0 Å². The van der Waals surface area contributed by atoms with Gasteiger partial charge in [0.05, 0.1) is 5.60 Å². The molecule has 0 saturated heterocycles. The van der Waals surface area contributed by atoms with Crippen LogP contribution in [0, 0.1) is 0 Å². The van der Waals surface area contributed by atoms with E-state index in [2.05, 4.69) is 20.5 Å². The lowest BCUT2D eigenvalue weighted by Crippen LogP contribution is -2.48. The molecular formula is C12H13ClN4O. The topological polar surface area (TPSA) is 70.9 Å². The molecular weight excluding hydrogens is 252 g/mol. The van der Waals surface area contributed by atoms with Crippen molar-refractivity contribution in [2.24, 2.45) is 0 Å². The van der Waals surface area contributed by atoms with Gasteiger partial charge in [-0.15, -0.1) is 10.2 Å². The largest absolute Gasteiger partial charge is 0.390 e. The Hall–Kier alpha value is -1.46. The number of anilines is 1. The van der Waals surface area contributed by atoms with E-state index < -0.39 is 5.60 Å². The number of nitrogens with one attached hydrogen (secondary N) is 1. The molecule has 0 atom stereocenters. The van der Waals surface area contributed by atoms with E-state index in [9.17, 15) is 5.11 Å². The van der Waals surface area contributed by atoms with Crippen LogP contribution < -0.4 is 5.32 Å². The van der Waals surface area contributed by atoms with Gasteiger partial charge in [0, 0.05) is 29.2 Å². The molecule has 0 radical (unpaired) electrons. The van der Waals surface area contributed by atoms with Gasteiger partial charge in [0.15, 0.2) is 11.0 Å². The molecule has 1 aliphatic carbocycles. The van der Waals surface area contributed by atoms with Crippen molar-refractivity contribution in [1.29, 1.82) is 0 Å². The highest BCUT2D eigenvalue weighted by Gasteiger charge is 2.38. The number of halogens is 1. The normalized spacial score (nSPS) is 26.9. The van der Waals surface area contributed by atoms with Crippen LogP contribution in [0.1, 0.15) is 19.8 Å². The Balaban J connectivity index is 1.91. The maximum absolute atomic E-state index is 9.71. The van der Waals surface area contributed by atoms with Crippen molar-refractivity contribution in [2.75, 3.05) is 5.32 Å². The van der Waals surface area contributed by atoms with Crippen molar-refractivity contribution in [3.05, 3.63) is 23.6 Å². The predicted octanol–water partition coefficient (Wildman–Crippen LogP) is 2.00. The molecule has 18 heavy (non-hydrogen) atoms. The molecule has 1 fully saturated rings. The van der Waals surface area contributed by atoms with Gasteiger partial charge in [0.2, 0.25) is 0 Å². The first-order valence-electron chi connectivity index (χ1n) is 5.80. The van der Waals surface area contributed by atoms with Gasteiger partial charge in [-0.2, -0.15) is 0 Å². The molecule has 0 unspecified atom stereocenters. The standard InChI is InChI=1S/C12H13ClN4O/c1-12(18)4-7(5-12)15-11-8-2-3-14-6-9(8)10(13)16-17-11/h2-3,6-7,18H,4-5H2,1H3,(H,15,17)/t7-,12+. The highest BCUT2D eigenvalue weighted by Crippen LogP contribution is 2.35. The van der Waals surface area contributed by atoms with Gasteiger partial charge in [0.1, 0.15) is 0 Å². The van der Waals surface area contributed by atoms with Gasteiger partial charge >= 0.3 is 0 Å². The first-order chi connectivity index (χ1) is 8.55. The molecule has 3 rings (SSSR count). The number of rotatable bonds is 2. The van der Waals surface area contributed by atoms with Crippen LogP contribution in [-0.2, 0) is 0 Å². The minimum atomic E-state index is -0.561. The molecule has 2 N–H and O–H groups in total. The smallest absolute Gasteiger partial charge is 0.161 e. The van der Waals surface area contributed by atoms with Crippen molar-refractivity contribution in [2.45, 2.75) is 31.4 Å². The number of fused-ring (bicyclic) bond motifs is 1. The fourth-order valence-electron chi connectivity index (χ4n) is 2.37. The molecule has 94 valence electrons. The van der Waals surface area contributed by atoms with Crippen LogP contribution in [0.5, 0.6) is 0 Å². The van der Waals surface area contributed by atoms with Crippen molar-refractivity contribution in [1.82, 2.24) is 15.2 Å². The number of aliphatic hydroxyl groups is 1. The molecule has 0 amide bonds. The molecule has 2 aromatic heterocycles. The molecule has 5 nitrogen and oxygen atoms in total. The average Bonchev–Trinajstić information content (AvgIpc) is 2.31. The maximum Gasteiger partial charge on any atom is 0.161 e. The van der Waals surface area contributed by atoms with Gasteiger partial charge in [-0.05, 0) is 25.8 Å². The lowest BCUT2D eigenvalue weighted by atomic mass is 9.77. The van der Waals surface area contributed by atoms with Crippen LogP contribution in [0.2, 0.25) is 5.15 Å². The van der Waals surface area contributed by atoms with E-state index in [-0.39, 0.29) is 6.04 Å². The number of nitrogens with zero attached hydrogens (tertiary/aromatic N) is 3. The Morgan fingerprint density at radius 1 is 1.39 bits per heavy atom. The summed E-state index contributed by atoms with van der Waals surface area (Å²) in [6.45, 7) is 1.83. The lowest BCUT2D eigenvalue weighted by molar-refractivity contribution is -0.0235. The third-order valence-corrected chi connectivity index (χ3v) is 3.53. The van der Waals surface area contributed by atoms with E-state index in [0.29, 0.717) is 23.8 Å². The maximum atomic E-state index is 9.71. The van der Waals surface area contributed by atoms with E-state index in [4.69, 9.17) is 11.6 Å². The zero-order valence-corrected chi connectivity index (χ0v) is 10.6. The zero-order valence-electron chi connectivity index (χ0n) is 9.89. The average molecular weight is 265 g/mol. The first kappa shape index (κ1) is 11.6. The number of hydrogen-bond acceptors (Lipinski definition) is 5. The summed E-state index contributed by atoms with van der Waals surface area (Å²) >= 11 is 5.98. The summed E-state index contributed by atoms with van der Waals surface area (Å²) in [4.78, 5) is 4.03. The summed E-state index contributed by atoms with van der Waals surface area (Å²) in [6, 6.07) is 2.08.